The highest BCUT2D eigenvalue weighted by molar-refractivity contribution is 6.31. The van der Waals surface area contributed by atoms with Crippen molar-refractivity contribution in [1.82, 2.24) is 10.2 Å². The number of rotatable bonds is 2. The number of hydrogen-bond acceptors (Lipinski definition) is 2. The van der Waals surface area contributed by atoms with Crippen LogP contribution in [0.25, 0.3) is 11.3 Å². The molecule has 0 bridgehead atoms. The Kier molecular flexibility index (Phi) is 2.85. The van der Waals surface area contributed by atoms with Crippen LogP contribution in [-0.2, 0) is 0 Å². The third-order valence-corrected chi connectivity index (χ3v) is 2.64. The highest BCUT2D eigenvalue weighted by atomic mass is 35.5. The van der Waals surface area contributed by atoms with Crippen molar-refractivity contribution in [3.63, 3.8) is 0 Å². The van der Waals surface area contributed by atoms with E-state index in [-0.39, 0.29) is 10.7 Å². The summed E-state index contributed by atoms with van der Waals surface area (Å²) in [5.74, 6) is -1.61. The number of carbonyl (C=O) groups is 1. The van der Waals surface area contributed by atoms with E-state index in [4.69, 9.17) is 16.7 Å². The first-order chi connectivity index (χ1) is 7.99. The third kappa shape index (κ3) is 2.14. The Bertz CT molecular complexity index is 595. The number of benzene rings is 1. The lowest BCUT2D eigenvalue weighted by Gasteiger charge is -2.03. The lowest BCUT2D eigenvalue weighted by molar-refractivity contribution is 0.0690. The number of carboxylic acid groups (broad SMARTS) is 1. The number of aromatic nitrogens is 2. The van der Waals surface area contributed by atoms with E-state index in [1.807, 2.05) is 0 Å². The summed E-state index contributed by atoms with van der Waals surface area (Å²) in [6.45, 7) is 1.70. The molecule has 0 fully saturated rings. The predicted molar refractivity (Wildman–Crippen MR) is 60.7 cm³/mol. The number of aromatic carboxylic acids is 1. The molecule has 6 heteroatoms. The first-order valence-electron chi connectivity index (χ1n) is 4.73. The predicted octanol–water partition coefficient (Wildman–Crippen LogP) is 2.88. The topological polar surface area (TPSA) is 66.0 Å². The Labute approximate surface area is 101 Å². The molecule has 2 N–H and O–H groups in total. The fraction of sp³-hybridized carbons (Fsp3) is 0.0909. The van der Waals surface area contributed by atoms with Gasteiger partial charge >= 0.3 is 5.97 Å². The van der Waals surface area contributed by atoms with Crippen LogP contribution in [0.3, 0.4) is 0 Å². The zero-order chi connectivity index (χ0) is 12.6. The van der Waals surface area contributed by atoms with Crippen molar-refractivity contribution < 1.29 is 14.3 Å². The van der Waals surface area contributed by atoms with Crippen LogP contribution in [-0.4, -0.2) is 21.3 Å². The Morgan fingerprint density at radius 1 is 1.47 bits per heavy atom. The second-order valence-electron chi connectivity index (χ2n) is 3.55. The normalized spacial score (nSPS) is 10.5. The molecule has 0 aliphatic carbocycles. The van der Waals surface area contributed by atoms with Gasteiger partial charge in [0.25, 0.3) is 0 Å². The van der Waals surface area contributed by atoms with E-state index in [1.54, 1.807) is 6.92 Å². The van der Waals surface area contributed by atoms with Crippen LogP contribution in [0, 0.1) is 12.7 Å². The van der Waals surface area contributed by atoms with Crippen LogP contribution in [0.5, 0.6) is 0 Å². The standard InChI is InChI=1S/C11H8ClFN2O2/c1-5-2-8(13)7(12)3-6(5)9-4-10(11(16)17)15-14-9/h2-4H,1H3,(H,14,15)(H,16,17). The first kappa shape index (κ1) is 11.6. The summed E-state index contributed by atoms with van der Waals surface area (Å²) in [6.07, 6.45) is 0. The summed E-state index contributed by atoms with van der Waals surface area (Å²) < 4.78 is 13.2. The van der Waals surface area contributed by atoms with Gasteiger partial charge < -0.3 is 5.11 Å². The number of hydrogen-bond donors (Lipinski definition) is 2. The molecule has 1 aromatic heterocycles. The SMILES string of the molecule is Cc1cc(F)c(Cl)cc1-c1cc(C(=O)O)[nH]n1. The number of nitrogens with one attached hydrogen (secondary N) is 1. The van der Waals surface area contributed by atoms with Gasteiger partial charge in [-0.1, -0.05) is 11.6 Å². The van der Waals surface area contributed by atoms with E-state index in [0.29, 0.717) is 16.8 Å². The van der Waals surface area contributed by atoms with Crippen LogP contribution in [0.4, 0.5) is 4.39 Å². The van der Waals surface area contributed by atoms with Crippen molar-refractivity contribution in [2.24, 2.45) is 0 Å². The molecule has 88 valence electrons. The van der Waals surface area contributed by atoms with E-state index < -0.39 is 11.8 Å². The molecule has 0 saturated carbocycles. The smallest absolute Gasteiger partial charge is 0.353 e. The molecular weight excluding hydrogens is 247 g/mol. The van der Waals surface area contributed by atoms with Gasteiger partial charge in [0, 0.05) is 5.56 Å². The summed E-state index contributed by atoms with van der Waals surface area (Å²) in [5, 5.41) is 15.0. The van der Waals surface area contributed by atoms with E-state index in [1.165, 1.54) is 18.2 Å². The zero-order valence-electron chi connectivity index (χ0n) is 8.79. The number of nitrogens with zero attached hydrogens (tertiary/aromatic N) is 1. The van der Waals surface area contributed by atoms with Gasteiger partial charge in [0.05, 0.1) is 10.7 Å². The van der Waals surface area contributed by atoms with Crippen LogP contribution in [0.2, 0.25) is 5.02 Å². The monoisotopic (exact) mass is 254 g/mol. The fourth-order valence-corrected chi connectivity index (χ4v) is 1.66. The van der Waals surface area contributed by atoms with E-state index >= 15 is 0 Å². The Morgan fingerprint density at radius 2 is 2.18 bits per heavy atom. The minimum atomic E-state index is -1.10. The number of H-pyrrole nitrogens is 1. The van der Waals surface area contributed by atoms with Crippen LogP contribution in [0.15, 0.2) is 18.2 Å². The van der Waals surface area contributed by atoms with Crippen molar-refractivity contribution in [3.05, 3.63) is 40.3 Å². The second kappa shape index (κ2) is 4.18. The molecule has 0 unspecified atom stereocenters. The molecule has 17 heavy (non-hydrogen) atoms. The Hall–Kier alpha value is -1.88. The van der Waals surface area contributed by atoms with Gasteiger partial charge in [-0.2, -0.15) is 5.10 Å². The van der Waals surface area contributed by atoms with E-state index in [2.05, 4.69) is 10.2 Å². The molecule has 1 aromatic carbocycles. The van der Waals surface area contributed by atoms with E-state index in [0.717, 1.165) is 0 Å². The van der Waals surface area contributed by atoms with Gasteiger partial charge in [0.2, 0.25) is 0 Å². The minimum Gasteiger partial charge on any atom is -0.477 e. The molecular formula is C11H8ClFN2O2. The van der Waals surface area contributed by atoms with Crippen molar-refractivity contribution in [2.75, 3.05) is 0 Å². The van der Waals surface area contributed by atoms with Crippen molar-refractivity contribution >= 4 is 17.6 Å². The molecule has 2 rings (SSSR count). The zero-order valence-corrected chi connectivity index (χ0v) is 9.55. The van der Waals surface area contributed by atoms with Gasteiger partial charge in [-0.05, 0) is 30.7 Å². The second-order valence-corrected chi connectivity index (χ2v) is 3.96. The average Bonchev–Trinajstić information content (AvgIpc) is 2.72. The lowest BCUT2D eigenvalue weighted by atomic mass is 10.1. The molecule has 0 aliphatic rings. The number of halogens is 2. The largest absolute Gasteiger partial charge is 0.477 e. The summed E-state index contributed by atoms with van der Waals surface area (Å²) in [5.41, 5.74) is 1.62. The molecule has 0 radical (unpaired) electrons. The van der Waals surface area contributed by atoms with Gasteiger partial charge in [-0.3, -0.25) is 5.10 Å². The number of aryl methyl sites for hydroxylation is 1. The molecule has 1 heterocycles. The molecule has 0 spiro atoms. The minimum absolute atomic E-state index is 0.0227. The van der Waals surface area contributed by atoms with Gasteiger partial charge in [-0.15, -0.1) is 0 Å². The summed E-state index contributed by atoms with van der Waals surface area (Å²) in [4.78, 5) is 10.7. The maximum atomic E-state index is 13.2. The van der Waals surface area contributed by atoms with Gasteiger partial charge in [0.15, 0.2) is 0 Å². The van der Waals surface area contributed by atoms with Gasteiger partial charge in [-0.25, -0.2) is 9.18 Å². The van der Waals surface area contributed by atoms with Gasteiger partial charge in [0.1, 0.15) is 11.5 Å². The third-order valence-electron chi connectivity index (χ3n) is 2.35. The number of aromatic amines is 1. The summed E-state index contributed by atoms with van der Waals surface area (Å²) in [7, 11) is 0. The van der Waals surface area contributed by atoms with Crippen LogP contribution < -0.4 is 0 Å². The van der Waals surface area contributed by atoms with Crippen molar-refractivity contribution in [1.29, 1.82) is 0 Å². The molecule has 0 saturated heterocycles. The van der Waals surface area contributed by atoms with Crippen molar-refractivity contribution in [2.45, 2.75) is 6.92 Å². The van der Waals surface area contributed by atoms with Crippen LogP contribution in [0.1, 0.15) is 16.1 Å². The molecule has 2 aromatic rings. The molecule has 4 nitrogen and oxygen atoms in total. The average molecular weight is 255 g/mol. The molecule has 0 aliphatic heterocycles. The molecule has 0 atom stereocenters. The highest BCUT2D eigenvalue weighted by Gasteiger charge is 2.13. The summed E-state index contributed by atoms with van der Waals surface area (Å²) >= 11 is 5.68. The van der Waals surface area contributed by atoms with Crippen LogP contribution >= 0.6 is 11.6 Å². The lowest BCUT2D eigenvalue weighted by Crippen LogP contribution is -1.95. The summed E-state index contributed by atoms with van der Waals surface area (Å²) in [6, 6.07) is 4.08. The first-order valence-corrected chi connectivity index (χ1v) is 5.11. The van der Waals surface area contributed by atoms with Crippen molar-refractivity contribution in [3.8, 4) is 11.3 Å². The Morgan fingerprint density at radius 3 is 2.76 bits per heavy atom. The quantitative estimate of drug-likeness (QED) is 0.866. The van der Waals surface area contributed by atoms with E-state index in [9.17, 15) is 9.18 Å². The molecule has 0 amide bonds. The number of carboxylic acids is 1. The Balaban J connectivity index is 2.52. The fourth-order valence-electron chi connectivity index (χ4n) is 1.49. The highest BCUT2D eigenvalue weighted by Crippen LogP contribution is 2.27. The maximum Gasteiger partial charge on any atom is 0.353 e. The maximum absolute atomic E-state index is 13.2.